The molecule has 0 unspecified atom stereocenters. The molecule has 0 saturated carbocycles. The fraction of sp³-hybridized carbons (Fsp3) is 0.300. The first kappa shape index (κ1) is 14.6. The highest BCUT2D eigenvalue weighted by Crippen LogP contribution is 2.17. The van der Waals surface area contributed by atoms with Crippen molar-refractivity contribution < 1.29 is 17.9 Å². The van der Waals surface area contributed by atoms with Gasteiger partial charge in [0.2, 0.25) is 15.9 Å². The summed E-state index contributed by atoms with van der Waals surface area (Å²) in [6.45, 7) is 0.183. The van der Waals surface area contributed by atoms with E-state index in [2.05, 4.69) is 4.72 Å². The van der Waals surface area contributed by atoms with Gasteiger partial charge in [-0.05, 0) is 24.3 Å². The lowest BCUT2D eigenvalue weighted by atomic mass is 10.3. The van der Waals surface area contributed by atoms with Crippen molar-refractivity contribution in [3.8, 4) is 5.75 Å². The van der Waals surface area contributed by atoms with Gasteiger partial charge in [-0.2, -0.15) is 0 Å². The molecule has 0 spiro atoms. The van der Waals surface area contributed by atoms with E-state index >= 15 is 0 Å². The SMILES string of the molecule is NC(=O)CCOc1ccc(NS(=O)(=O)CCl)cc1. The van der Waals surface area contributed by atoms with Gasteiger partial charge in [-0.15, -0.1) is 11.6 Å². The van der Waals surface area contributed by atoms with E-state index in [1.165, 1.54) is 12.1 Å². The summed E-state index contributed by atoms with van der Waals surface area (Å²) in [4.78, 5) is 10.5. The number of nitrogens with one attached hydrogen (secondary N) is 1. The van der Waals surface area contributed by atoms with Crippen LogP contribution >= 0.6 is 11.6 Å². The van der Waals surface area contributed by atoms with E-state index in [1.807, 2.05) is 0 Å². The molecule has 1 rings (SSSR count). The van der Waals surface area contributed by atoms with Gasteiger partial charge < -0.3 is 10.5 Å². The Kier molecular flexibility index (Phi) is 5.24. The number of amides is 1. The molecule has 0 saturated heterocycles. The second kappa shape index (κ2) is 6.46. The van der Waals surface area contributed by atoms with Crippen molar-refractivity contribution in [2.75, 3.05) is 16.5 Å². The Balaban J connectivity index is 2.55. The molecule has 0 aliphatic rings. The average molecular weight is 293 g/mol. The minimum Gasteiger partial charge on any atom is -0.493 e. The van der Waals surface area contributed by atoms with E-state index in [0.717, 1.165) is 0 Å². The normalized spacial score (nSPS) is 10.9. The summed E-state index contributed by atoms with van der Waals surface area (Å²) in [7, 11) is -3.50. The van der Waals surface area contributed by atoms with Crippen molar-refractivity contribution in [2.45, 2.75) is 6.42 Å². The predicted molar refractivity (Wildman–Crippen MR) is 69.0 cm³/mol. The Hall–Kier alpha value is -1.47. The third-order valence-corrected chi connectivity index (χ3v) is 3.58. The summed E-state index contributed by atoms with van der Waals surface area (Å²) in [5.41, 5.74) is 5.34. The average Bonchev–Trinajstić information content (AvgIpc) is 2.31. The molecule has 1 aromatic carbocycles. The molecule has 1 aromatic rings. The lowest BCUT2D eigenvalue weighted by Gasteiger charge is -2.07. The minimum absolute atomic E-state index is 0.126. The van der Waals surface area contributed by atoms with Crippen LogP contribution in [0.25, 0.3) is 0 Å². The van der Waals surface area contributed by atoms with Crippen molar-refractivity contribution >= 4 is 33.2 Å². The third-order valence-electron chi connectivity index (χ3n) is 1.89. The zero-order valence-electron chi connectivity index (χ0n) is 9.43. The summed E-state index contributed by atoms with van der Waals surface area (Å²) < 4.78 is 29.9. The molecular weight excluding hydrogens is 280 g/mol. The zero-order valence-corrected chi connectivity index (χ0v) is 11.0. The molecule has 0 fully saturated rings. The van der Waals surface area contributed by atoms with Gasteiger partial charge in [0.05, 0.1) is 13.0 Å². The monoisotopic (exact) mass is 292 g/mol. The Morgan fingerprint density at radius 1 is 1.33 bits per heavy atom. The lowest BCUT2D eigenvalue weighted by molar-refractivity contribution is -0.118. The van der Waals surface area contributed by atoms with E-state index < -0.39 is 21.1 Å². The molecule has 0 aromatic heterocycles. The first-order chi connectivity index (χ1) is 8.43. The van der Waals surface area contributed by atoms with Crippen molar-refractivity contribution in [1.82, 2.24) is 0 Å². The molecule has 0 atom stereocenters. The maximum Gasteiger partial charge on any atom is 0.246 e. The molecule has 3 N–H and O–H groups in total. The van der Waals surface area contributed by atoms with Gasteiger partial charge in [-0.25, -0.2) is 8.42 Å². The predicted octanol–water partition coefficient (Wildman–Crippen LogP) is 0.879. The molecule has 0 radical (unpaired) electrons. The summed E-state index contributed by atoms with van der Waals surface area (Å²) >= 11 is 5.25. The van der Waals surface area contributed by atoms with Crippen molar-refractivity contribution in [3.05, 3.63) is 24.3 Å². The molecule has 0 bridgehead atoms. The van der Waals surface area contributed by atoms with Crippen LogP contribution in [-0.4, -0.2) is 26.1 Å². The first-order valence-corrected chi connectivity index (χ1v) is 7.19. The summed E-state index contributed by atoms with van der Waals surface area (Å²) in [6.07, 6.45) is 0.126. The Morgan fingerprint density at radius 3 is 2.44 bits per heavy atom. The number of rotatable bonds is 7. The van der Waals surface area contributed by atoms with Gasteiger partial charge in [0.1, 0.15) is 11.0 Å². The fourth-order valence-electron chi connectivity index (χ4n) is 1.10. The highest BCUT2D eigenvalue weighted by molar-refractivity contribution is 7.93. The van der Waals surface area contributed by atoms with Crippen molar-refractivity contribution in [3.63, 3.8) is 0 Å². The smallest absolute Gasteiger partial charge is 0.246 e. The number of carbonyl (C=O) groups excluding carboxylic acids is 1. The molecule has 100 valence electrons. The van der Waals surface area contributed by atoms with Crippen LogP contribution in [0.3, 0.4) is 0 Å². The number of sulfonamides is 1. The topological polar surface area (TPSA) is 98.5 Å². The second-order valence-electron chi connectivity index (χ2n) is 3.42. The Labute approximate surface area is 110 Å². The quantitative estimate of drug-likeness (QED) is 0.729. The number of anilines is 1. The Morgan fingerprint density at radius 2 is 1.94 bits per heavy atom. The number of hydrogen-bond donors (Lipinski definition) is 2. The van der Waals surface area contributed by atoms with Crippen LogP contribution in [0.5, 0.6) is 5.75 Å². The number of carbonyl (C=O) groups is 1. The molecule has 8 heteroatoms. The van der Waals surface area contributed by atoms with E-state index in [1.54, 1.807) is 12.1 Å². The number of benzene rings is 1. The highest BCUT2D eigenvalue weighted by atomic mass is 35.5. The molecule has 6 nitrogen and oxygen atoms in total. The summed E-state index contributed by atoms with van der Waals surface area (Å²) in [6, 6.07) is 6.22. The number of hydrogen-bond acceptors (Lipinski definition) is 4. The van der Waals surface area contributed by atoms with Gasteiger partial charge in [-0.3, -0.25) is 9.52 Å². The zero-order chi connectivity index (χ0) is 13.6. The molecule has 0 aliphatic carbocycles. The van der Waals surface area contributed by atoms with E-state index in [9.17, 15) is 13.2 Å². The van der Waals surface area contributed by atoms with Crippen molar-refractivity contribution in [2.24, 2.45) is 5.73 Å². The van der Waals surface area contributed by atoms with Crippen LogP contribution in [-0.2, 0) is 14.8 Å². The van der Waals surface area contributed by atoms with Crippen LogP contribution in [0.15, 0.2) is 24.3 Å². The number of halogens is 1. The second-order valence-corrected chi connectivity index (χ2v) is 5.72. The first-order valence-electron chi connectivity index (χ1n) is 5.00. The Bertz CT molecular complexity index is 501. The van der Waals surface area contributed by atoms with Gasteiger partial charge in [0, 0.05) is 5.69 Å². The van der Waals surface area contributed by atoms with E-state index in [0.29, 0.717) is 11.4 Å². The molecular formula is C10H13ClN2O4S. The third kappa shape index (κ3) is 5.24. The van der Waals surface area contributed by atoms with Crippen LogP contribution in [0.1, 0.15) is 6.42 Å². The molecule has 0 aliphatic heterocycles. The molecule has 0 heterocycles. The number of alkyl halides is 1. The minimum atomic E-state index is -3.50. The van der Waals surface area contributed by atoms with Gasteiger partial charge in [-0.1, -0.05) is 0 Å². The lowest BCUT2D eigenvalue weighted by Crippen LogP contribution is -2.14. The fourth-order valence-corrected chi connectivity index (χ4v) is 1.81. The van der Waals surface area contributed by atoms with Crippen LogP contribution < -0.4 is 15.2 Å². The summed E-state index contributed by atoms with van der Waals surface area (Å²) in [5, 5.41) is -0.510. The molecule has 1 amide bonds. The number of ether oxygens (including phenoxy) is 1. The van der Waals surface area contributed by atoms with Gasteiger partial charge in [0.25, 0.3) is 0 Å². The van der Waals surface area contributed by atoms with Crippen LogP contribution in [0, 0.1) is 0 Å². The van der Waals surface area contributed by atoms with Crippen LogP contribution in [0.4, 0.5) is 5.69 Å². The number of primary amides is 1. The maximum absolute atomic E-state index is 11.2. The number of nitrogens with two attached hydrogens (primary N) is 1. The van der Waals surface area contributed by atoms with Crippen LogP contribution in [0.2, 0.25) is 0 Å². The van der Waals surface area contributed by atoms with E-state index in [4.69, 9.17) is 22.1 Å². The largest absolute Gasteiger partial charge is 0.493 e. The summed E-state index contributed by atoms with van der Waals surface area (Å²) in [5.74, 6) is 0.0755. The van der Waals surface area contributed by atoms with Gasteiger partial charge in [0.15, 0.2) is 0 Å². The molecule has 18 heavy (non-hydrogen) atoms. The highest BCUT2D eigenvalue weighted by Gasteiger charge is 2.07. The maximum atomic E-state index is 11.2. The van der Waals surface area contributed by atoms with Gasteiger partial charge >= 0.3 is 0 Å². The van der Waals surface area contributed by atoms with Crippen molar-refractivity contribution in [1.29, 1.82) is 0 Å². The van der Waals surface area contributed by atoms with E-state index in [-0.39, 0.29) is 13.0 Å². The standard InChI is InChI=1S/C10H13ClN2O4S/c11-7-18(15,16)13-8-1-3-9(4-2-8)17-6-5-10(12)14/h1-4,13H,5-7H2,(H2,12,14).